The zero-order chi connectivity index (χ0) is 16.3. The number of pyridine rings is 1. The number of anilines is 1. The van der Waals surface area contributed by atoms with Crippen LogP contribution in [0.25, 0.3) is 0 Å². The third-order valence-electron chi connectivity index (χ3n) is 4.02. The Hall–Kier alpha value is -2.08. The largest absolute Gasteiger partial charge is 0.433 e. The molecule has 2 heterocycles. The van der Waals surface area contributed by atoms with E-state index in [9.17, 15) is 13.2 Å². The minimum Gasteiger partial charge on any atom is -0.368 e. The number of benzene rings is 1. The topological polar surface area (TPSA) is 19.4 Å². The number of hydrogen-bond donors (Lipinski definition) is 0. The van der Waals surface area contributed by atoms with Gasteiger partial charge in [0.15, 0.2) is 0 Å². The van der Waals surface area contributed by atoms with E-state index in [1.54, 1.807) is 0 Å². The van der Waals surface area contributed by atoms with E-state index in [2.05, 4.69) is 26.9 Å². The second-order valence-electron chi connectivity index (χ2n) is 5.65. The lowest BCUT2D eigenvalue weighted by Gasteiger charge is -2.36. The Labute approximate surface area is 133 Å². The molecule has 1 saturated heterocycles. The summed E-state index contributed by atoms with van der Waals surface area (Å²) in [5, 5.41) is 0. The molecule has 0 radical (unpaired) electrons. The highest BCUT2D eigenvalue weighted by molar-refractivity contribution is 5.45. The average molecular weight is 321 g/mol. The third kappa shape index (κ3) is 4.01. The van der Waals surface area contributed by atoms with Crippen LogP contribution < -0.4 is 4.90 Å². The van der Waals surface area contributed by atoms with Crippen LogP contribution in [0.3, 0.4) is 0 Å². The van der Waals surface area contributed by atoms with Crippen molar-refractivity contribution in [3.05, 3.63) is 59.9 Å². The monoisotopic (exact) mass is 321 g/mol. The van der Waals surface area contributed by atoms with E-state index in [1.807, 2.05) is 18.2 Å². The van der Waals surface area contributed by atoms with E-state index in [4.69, 9.17) is 0 Å². The van der Waals surface area contributed by atoms with E-state index >= 15 is 0 Å². The van der Waals surface area contributed by atoms with Gasteiger partial charge < -0.3 is 4.90 Å². The van der Waals surface area contributed by atoms with Gasteiger partial charge in [0.25, 0.3) is 0 Å². The van der Waals surface area contributed by atoms with Gasteiger partial charge in [-0.05, 0) is 17.7 Å². The predicted molar refractivity (Wildman–Crippen MR) is 83.2 cm³/mol. The van der Waals surface area contributed by atoms with Crippen LogP contribution in [-0.4, -0.2) is 36.1 Å². The maximum Gasteiger partial charge on any atom is 0.433 e. The van der Waals surface area contributed by atoms with Crippen LogP contribution in [0.4, 0.5) is 18.9 Å². The fourth-order valence-corrected chi connectivity index (χ4v) is 2.75. The Morgan fingerprint density at radius 3 is 2.17 bits per heavy atom. The van der Waals surface area contributed by atoms with Crippen molar-refractivity contribution in [2.75, 3.05) is 31.1 Å². The van der Waals surface area contributed by atoms with Crippen LogP contribution in [0, 0.1) is 0 Å². The number of halogens is 3. The summed E-state index contributed by atoms with van der Waals surface area (Å²) in [5.41, 5.74) is 1.18. The summed E-state index contributed by atoms with van der Waals surface area (Å²) in [6, 6.07) is 12.8. The van der Waals surface area contributed by atoms with Gasteiger partial charge in [-0.2, -0.15) is 13.2 Å². The van der Waals surface area contributed by atoms with Crippen molar-refractivity contribution in [1.29, 1.82) is 0 Å². The molecule has 0 N–H and O–H groups in total. The zero-order valence-corrected chi connectivity index (χ0v) is 12.6. The quantitative estimate of drug-likeness (QED) is 0.863. The molecule has 3 nitrogen and oxygen atoms in total. The van der Waals surface area contributed by atoms with Crippen LogP contribution in [0.5, 0.6) is 0 Å². The molecule has 1 aromatic heterocycles. The van der Waals surface area contributed by atoms with Gasteiger partial charge in [-0.3, -0.25) is 4.90 Å². The smallest absolute Gasteiger partial charge is 0.368 e. The van der Waals surface area contributed by atoms with Crippen molar-refractivity contribution in [1.82, 2.24) is 9.88 Å². The van der Waals surface area contributed by atoms with Gasteiger partial charge in [-0.1, -0.05) is 30.3 Å². The Morgan fingerprint density at radius 2 is 1.61 bits per heavy atom. The molecule has 0 unspecified atom stereocenters. The van der Waals surface area contributed by atoms with Crippen LogP contribution >= 0.6 is 0 Å². The van der Waals surface area contributed by atoms with Gasteiger partial charge in [0.05, 0.1) is 11.9 Å². The number of alkyl halides is 3. The third-order valence-corrected chi connectivity index (χ3v) is 4.02. The Kier molecular flexibility index (Phi) is 4.52. The summed E-state index contributed by atoms with van der Waals surface area (Å²) in [5.74, 6) is 0. The molecule has 23 heavy (non-hydrogen) atoms. The molecule has 0 bridgehead atoms. The van der Waals surface area contributed by atoms with Gasteiger partial charge in [0, 0.05) is 32.7 Å². The van der Waals surface area contributed by atoms with Crippen molar-refractivity contribution in [3.63, 3.8) is 0 Å². The first kappa shape index (κ1) is 15.8. The highest BCUT2D eigenvalue weighted by atomic mass is 19.4. The van der Waals surface area contributed by atoms with Crippen LogP contribution in [0.15, 0.2) is 48.7 Å². The molecular formula is C17H18F3N3. The van der Waals surface area contributed by atoms with Gasteiger partial charge in [0.1, 0.15) is 5.69 Å². The Morgan fingerprint density at radius 1 is 0.913 bits per heavy atom. The fourth-order valence-electron chi connectivity index (χ4n) is 2.75. The Bertz CT molecular complexity index is 618. The lowest BCUT2D eigenvalue weighted by atomic mass is 10.2. The lowest BCUT2D eigenvalue weighted by molar-refractivity contribution is -0.141. The average Bonchev–Trinajstić information content (AvgIpc) is 2.56. The first-order chi connectivity index (χ1) is 11.0. The molecule has 3 rings (SSSR count). The van der Waals surface area contributed by atoms with Crippen LogP contribution in [-0.2, 0) is 12.7 Å². The van der Waals surface area contributed by atoms with E-state index in [-0.39, 0.29) is 0 Å². The fraction of sp³-hybridized carbons (Fsp3) is 0.353. The number of rotatable bonds is 3. The minimum absolute atomic E-state index is 0.748. The van der Waals surface area contributed by atoms with Crippen LogP contribution in [0.2, 0.25) is 0 Å². The molecule has 1 aromatic carbocycles. The molecular weight excluding hydrogens is 303 g/mol. The van der Waals surface area contributed by atoms with E-state index in [0.717, 1.165) is 44.5 Å². The second-order valence-corrected chi connectivity index (χ2v) is 5.65. The first-order valence-corrected chi connectivity index (χ1v) is 7.57. The predicted octanol–water partition coefficient (Wildman–Crippen LogP) is 3.42. The van der Waals surface area contributed by atoms with Gasteiger partial charge in [0.2, 0.25) is 0 Å². The summed E-state index contributed by atoms with van der Waals surface area (Å²) in [4.78, 5) is 7.96. The number of piperazine rings is 1. The summed E-state index contributed by atoms with van der Waals surface area (Å²) >= 11 is 0. The number of nitrogens with zero attached hydrogens (tertiary/aromatic N) is 3. The molecule has 122 valence electrons. The molecule has 1 fully saturated rings. The van der Waals surface area contributed by atoms with Crippen molar-refractivity contribution in [2.45, 2.75) is 12.7 Å². The molecule has 0 atom stereocenters. The highest BCUT2D eigenvalue weighted by Crippen LogP contribution is 2.28. The van der Waals surface area contributed by atoms with Gasteiger partial charge >= 0.3 is 6.18 Å². The first-order valence-electron chi connectivity index (χ1n) is 7.57. The number of aromatic nitrogens is 1. The SMILES string of the molecule is FC(F)(F)c1ccc(N2CCN(Cc3ccccc3)CC2)cn1. The summed E-state index contributed by atoms with van der Waals surface area (Å²) in [6.07, 6.45) is -3.07. The molecule has 6 heteroatoms. The molecule has 1 aliphatic heterocycles. The minimum atomic E-state index is -4.38. The molecule has 1 aliphatic rings. The van der Waals surface area contributed by atoms with Gasteiger partial charge in [-0.15, -0.1) is 0 Å². The summed E-state index contributed by atoms with van der Waals surface area (Å²) in [7, 11) is 0. The molecule has 0 amide bonds. The second kappa shape index (κ2) is 6.58. The maximum absolute atomic E-state index is 12.5. The summed E-state index contributed by atoms with van der Waals surface area (Å²) < 4.78 is 37.6. The lowest BCUT2D eigenvalue weighted by Crippen LogP contribution is -2.46. The highest BCUT2D eigenvalue weighted by Gasteiger charge is 2.32. The van der Waals surface area contributed by atoms with Crippen molar-refractivity contribution < 1.29 is 13.2 Å². The van der Waals surface area contributed by atoms with E-state index < -0.39 is 11.9 Å². The summed E-state index contributed by atoms with van der Waals surface area (Å²) in [6.45, 7) is 4.26. The van der Waals surface area contributed by atoms with E-state index in [0.29, 0.717) is 0 Å². The van der Waals surface area contributed by atoms with Crippen molar-refractivity contribution in [2.24, 2.45) is 0 Å². The van der Waals surface area contributed by atoms with Gasteiger partial charge in [-0.25, -0.2) is 4.98 Å². The van der Waals surface area contributed by atoms with Crippen molar-refractivity contribution >= 4 is 5.69 Å². The zero-order valence-electron chi connectivity index (χ0n) is 12.6. The number of hydrogen-bond acceptors (Lipinski definition) is 3. The van der Waals surface area contributed by atoms with Crippen molar-refractivity contribution in [3.8, 4) is 0 Å². The normalized spacial score (nSPS) is 16.6. The van der Waals surface area contributed by atoms with Crippen LogP contribution in [0.1, 0.15) is 11.3 Å². The standard InChI is InChI=1S/C17H18F3N3/c18-17(19,20)16-7-6-15(12-21-16)23-10-8-22(9-11-23)13-14-4-2-1-3-5-14/h1-7,12H,8-11,13H2. The molecule has 2 aromatic rings. The molecule has 0 saturated carbocycles. The Balaban J connectivity index is 1.56. The molecule has 0 aliphatic carbocycles. The molecule has 0 spiro atoms. The van der Waals surface area contributed by atoms with E-state index in [1.165, 1.54) is 17.8 Å². The maximum atomic E-state index is 12.5.